The molecule has 0 radical (unpaired) electrons. The number of halogens is 1. The first-order valence-electron chi connectivity index (χ1n) is 5.24. The molecular formula is C12H16IN. The molecule has 14 heavy (non-hydrogen) atoms. The molecular weight excluding hydrogens is 285 g/mol. The van der Waals surface area contributed by atoms with Gasteiger partial charge in [0.05, 0.1) is 0 Å². The van der Waals surface area contributed by atoms with Gasteiger partial charge in [0.1, 0.15) is 0 Å². The van der Waals surface area contributed by atoms with E-state index in [2.05, 4.69) is 53.0 Å². The van der Waals surface area contributed by atoms with E-state index in [0.717, 1.165) is 12.6 Å². The van der Waals surface area contributed by atoms with Gasteiger partial charge in [-0.15, -0.1) is 0 Å². The zero-order valence-corrected chi connectivity index (χ0v) is 10.7. The lowest BCUT2D eigenvalue weighted by molar-refractivity contribution is 0.338. The van der Waals surface area contributed by atoms with Gasteiger partial charge in [-0.05, 0) is 65.6 Å². The van der Waals surface area contributed by atoms with Crippen LogP contribution in [0.25, 0.3) is 0 Å². The quantitative estimate of drug-likeness (QED) is 0.845. The maximum absolute atomic E-state index is 3.60. The Bertz CT molecular complexity index is 318. The van der Waals surface area contributed by atoms with Crippen LogP contribution in [0.4, 0.5) is 0 Å². The summed E-state index contributed by atoms with van der Waals surface area (Å²) in [6.45, 7) is 3.22. The lowest BCUT2D eigenvalue weighted by Crippen LogP contribution is -2.34. The van der Waals surface area contributed by atoms with Crippen molar-refractivity contribution in [1.82, 2.24) is 5.32 Å². The molecule has 0 heterocycles. The number of hydrogen-bond acceptors (Lipinski definition) is 1. The SMILES string of the molecule is Cc1ccc(I)cc1CNC1CCC1. The van der Waals surface area contributed by atoms with Crippen LogP contribution in [-0.4, -0.2) is 6.04 Å². The molecule has 1 aliphatic rings. The molecule has 0 aliphatic heterocycles. The second kappa shape index (κ2) is 4.62. The Labute approximate surface area is 99.4 Å². The fraction of sp³-hybridized carbons (Fsp3) is 0.500. The third-order valence-electron chi connectivity index (χ3n) is 3.00. The van der Waals surface area contributed by atoms with Crippen molar-refractivity contribution in [3.8, 4) is 0 Å². The average Bonchev–Trinajstić information content (AvgIpc) is 2.08. The Kier molecular flexibility index (Phi) is 3.44. The van der Waals surface area contributed by atoms with E-state index in [0.29, 0.717) is 0 Å². The number of benzene rings is 1. The minimum absolute atomic E-state index is 0.785. The molecule has 0 unspecified atom stereocenters. The summed E-state index contributed by atoms with van der Waals surface area (Å²) in [5.74, 6) is 0. The molecule has 0 spiro atoms. The van der Waals surface area contributed by atoms with E-state index >= 15 is 0 Å². The molecule has 1 fully saturated rings. The van der Waals surface area contributed by atoms with Crippen molar-refractivity contribution < 1.29 is 0 Å². The fourth-order valence-electron chi connectivity index (χ4n) is 1.70. The second-order valence-electron chi connectivity index (χ2n) is 4.08. The molecule has 1 saturated carbocycles. The molecule has 1 aromatic rings. The number of aryl methyl sites for hydroxylation is 1. The number of hydrogen-bond donors (Lipinski definition) is 1. The summed E-state index contributed by atoms with van der Waals surface area (Å²) in [4.78, 5) is 0. The zero-order valence-electron chi connectivity index (χ0n) is 8.52. The smallest absolute Gasteiger partial charge is 0.0211 e. The molecule has 0 atom stereocenters. The average molecular weight is 301 g/mol. The molecule has 1 aromatic carbocycles. The third kappa shape index (κ3) is 2.48. The summed E-state index contributed by atoms with van der Waals surface area (Å²) in [5, 5.41) is 3.60. The molecule has 1 aliphatic carbocycles. The highest BCUT2D eigenvalue weighted by atomic mass is 127. The summed E-state index contributed by atoms with van der Waals surface area (Å²) in [7, 11) is 0. The largest absolute Gasteiger partial charge is 0.310 e. The van der Waals surface area contributed by atoms with Crippen molar-refractivity contribution in [1.29, 1.82) is 0 Å². The van der Waals surface area contributed by atoms with Crippen LogP contribution in [0.1, 0.15) is 30.4 Å². The minimum atomic E-state index is 0.785. The van der Waals surface area contributed by atoms with E-state index in [4.69, 9.17) is 0 Å². The summed E-state index contributed by atoms with van der Waals surface area (Å²) in [6.07, 6.45) is 4.13. The summed E-state index contributed by atoms with van der Waals surface area (Å²) in [6, 6.07) is 7.44. The molecule has 2 heteroatoms. The lowest BCUT2D eigenvalue weighted by atomic mass is 9.93. The maximum atomic E-state index is 3.60. The van der Waals surface area contributed by atoms with Gasteiger partial charge < -0.3 is 5.32 Å². The number of nitrogens with one attached hydrogen (secondary N) is 1. The Hall–Kier alpha value is -0.0900. The van der Waals surface area contributed by atoms with Gasteiger partial charge >= 0.3 is 0 Å². The van der Waals surface area contributed by atoms with Gasteiger partial charge in [-0.25, -0.2) is 0 Å². The van der Waals surface area contributed by atoms with Gasteiger partial charge in [-0.1, -0.05) is 12.5 Å². The zero-order chi connectivity index (χ0) is 9.97. The Morgan fingerprint density at radius 2 is 2.21 bits per heavy atom. The molecule has 0 aromatic heterocycles. The van der Waals surface area contributed by atoms with E-state index in [9.17, 15) is 0 Å². The summed E-state index contributed by atoms with van der Waals surface area (Å²) < 4.78 is 1.33. The van der Waals surface area contributed by atoms with Crippen LogP contribution in [0, 0.1) is 10.5 Å². The summed E-state index contributed by atoms with van der Waals surface area (Å²) >= 11 is 2.37. The first-order chi connectivity index (χ1) is 6.75. The molecule has 1 nitrogen and oxygen atoms in total. The molecule has 0 amide bonds. The van der Waals surface area contributed by atoms with E-state index in [1.54, 1.807) is 0 Å². The van der Waals surface area contributed by atoms with Crippen molar-refractivity contribution >= 4 is 22.6 Å². The third-order valence-corrected chi connectivity index (χ3v) is 3.67. The predicted octanol–water partition coefficient (Wildman–Crippen LogP) is 3.24. The van der Waals surface area contributed by atoms with Gasteiger partial charge in [0.25, 0.3) is 0 Å². The van der Waals surface area contributed by atoms with Crippen LogP contribution < -0.4 is 5.32 Å². The topological polar surface area (TPSA) is 12.0 Å². The van der Waals surface area contributed by atoms with E-state index in [-0.39, 0.29) is 0 Å². The highest BCUT2D eigenvalue weighted by Gasteiger charge is 2.16. The van der Waals surface area contributed by atoms with Crippen molar-refractivity contribution in [2.45, 2.75) is 38.8 Å². The number of rotatable bonds is 3. The monoisotopic (exact) mass is 301 g/mol. The Balaban J connectivity index is 1.96. The molecule has 76 valence electrons. The minimum Gasteiger partial charge on any atom is -0.310 e. The van der Waals surface area contributed by atoms with Crippen LogP contribution in [0.15, 0.2) is 18.2 Å². The molecule has 0 bridgehead atoms. The van der Waals surface area contributed by atoms with Crippen molar-refractivity contribution in [2.24, 2.45) is 0 Å². The molecule has 2 rings (SSSR count). The Morgan fingerprint density at radius 1 is 1.43 bits per heavy atom. The maximum Gasteiger partial charge on any atom is 0.0211 e. The van der Waals surface area contributed by atoms with Gasteiger partial charge in [-0.2, -0.15) is 0 Å². The lowest BCUT2D eigenvalue weighted by Gasteiger charge is -2.26. The van der Waals surface area contributed by atoms with Gasteiger partial charge in [0, 0.05) is 16.2 Å². The van der Waals surface area contributed by atoms with Gasteiger partial charge in [0.15, 0.2) is 0 Å². The molecule has 1 N–H and O–H groups in total. The van der Waals surface area contributed by atoms with Crippen LogP contribution in [-0.2, 0) is 6.54 Å². The standard InChI is InChI=1S/C12H16IN/c1-9-5-6-11(13)7-10(9)8-14-12-3-2-4-12/h5-7,12,14H,2-4,8H2,1H3. The van der Waals surface area contributed by atoms with Crippen molar-refractivity contribution in [2.75, 3.05) is 0 Å². The van der Waals surface area contributed by atoms with E-state index in [1.165, 1.54) is 34.0 Å². The normalized spacial score (nSPS) is 16.7. The Morgan fingerprint density at radius 3 is 2.86 bits per heavy atom. The first-order valence-corrected chi connectivity index (χ1v) is 6.32. The first kappa shape index (κ1) is 10.4. The second-order valence-corrected chi connectivity index (χ2v) is 5.33. The highest BCUT2D eigenvalue weighted by molar-refractivity contribution is 14.1. The summed E-state index contributed by atoms with van der Waals surface area (Å²) in [5.41, 5.74) is 2.85. The van der Waals surface area contributed by atoms with Crippen LogP contribution in [0.5, 0.6) is 0 Å². The molecule has 0 saturated heterocycles. The van der Waals surface area contributed by atoms with Crippen molar-refractivity contribution in [3.63, 3.8) is 0 Å². The van der Waals surface area contributed by atoms with Crippen LogP contribution >= 0.6 is 22.6 Å². The van der Waals surface area contributed by atoms with Gasteiger partial charge in [0.2, 0.25) is 0 Å². The highest BCUT2D eigenvalue weighted by Crippen LogP contribution is 2.19. The predicted molar refractivity (Wildman–Crippen MR) is 68.4 cm³/mol. The van der Waals surface area contributed by atoms with E-state index in [1.807, 2.05) is 0 Å². The van der Waals surface area contributed by atoms with Crippen LogP contribution in [0.2, 0.25) is 0 Å². The van der Waals surface area contributed by atoms with Gasteiger partial charge in [-0.3, -0.25) is 0 Å². The van der Waals surface area contributed by atoms with E-state index < -0.39 is 0 Å². The fourth-order valence-corrected chi connectivity index (χ4v) is 2.25. The van der Waals surface area contributed by atoms with Crippen LogP contribution in [0.3, 0.4) is 0 Å². The van der Waals surface area contributed by atoms with Crippen molar-refractivity contribution in [3.05, 3.63) is 32.9 Å².